The van der Waals surface area contributed by atoms with E-state index in [0.29, 0.717) is 13.0 Å². The van der Waals surface area contributed by atoms with Crippen LogP contribution < -0.4 is 10.6 Å². The smallest absolute Gasteiger partial charge is 0.234 e. The molecular weight excluding hydrogens is 192 g/mol. The molecule has 15 heavy (non-hydrogen) atoms. The zero-order valence-corrected chi connectivity index (χ0v) is 9.46. The van der Waals surface area contributed by atoms with Gasteiger partial charge in [0, 0.05) is 12.0 Å². The Morgan fingerprint density at radius 1 is 1.53 bits per heavy atom. The van der Waals surface area contributed by atoms with Gasteiger partial charge in [0.05, 0.1) is 12.8 Å². The van der Waals surface area contributed by atoms with Gasteiger partial charge in [-0.1, -0.05) is 0 Å². The minimum Gasteiger partial charge on any atom is -0.469 e. The summed E-state index contributed by atoms with van der Waals surface area (Å²) in [5.41, 5.74) is -0.286. The second-order valence-corrected chi connectivity index (χ2v) is 4.22. The second kappa shape index (κ2) is 4.98. The number of hydrogen-bond acceptors (Lipinski definition) is 3. The van der Waals surface area contributed by atoms with E-state index < -0.39 is 0 Å². The van der Waals surface area contributed by atoms with Crippen LogP contribution in [0.15, 0.2) is 22.8 Å². The fourth-order valence-corrected chi connectivity index (χ4v) is 1.48. The van der Waals surface area contributed by atoms with Crippen molar-refractivity contribution in [2.75, 3.05) is 13.6 Å². The highest BCUT2D eigenvalue weighted by molar-refractivity contribution is 5.78. The van der Waals surface area contributed by atoms with Crippen molar-refractivity contribution >= 4 is 5.91 Å². The first-order valence-corrected chi connectivity index (χ1v) is 5.01. The Kier molecular flexibility index (Phi) is 3.91. The number of hydrogen-bond donors (Lipinski definition) is 2. The molecule has 0 spiro atoms. The molecule has 1 aromatic heterocycles. The largest absolute Gasteiger partial charge is 0.469 e. The van der Waals surface area contributed by atoms with E-state index in [1.807, 2.05) is 26.0 Å². The van der Waals surface area contributed by atoms with Gasteiger partial charge in [0.2, 0.25) is 5.91 Å². The summed E-state index contributed by atoms with van der Waals surface area (Å²) >= 11 is 0. The summed E-state index contributed by atoms with van der Waals surface area (Å²) < 4.78 is 5.24. The average molecular weight is 210 g/mol. The lowest BCUT2D eigenvalue weighted by molar-refractivity contribution is -0.121. The first-order valence-electron chi connectivity index (χ1n) is 5.01. The van der Waals surface area contributed by atoms with Crippen molar-refractivity contribution in [3.05, 3.63) is 24.2 Å². The van der Waals surface area contributed by atoms with E-state index in [4.69, 9.17) is 4.42 Å². The van der Waals surface area contributed by atoms with E-state index >= 15 is 0 Å². The van der Waals surface area contributed by atoms with Crippen LogP contribution >= 0.6 is 0 Å². The molecule has 0 aliphatic rings. The van der Waals surface area contributed by atoms with Crippen LogP contribution in [0.25, 0.3) is 0 Å². The van der Waals surface area contributed by atoms with Crippen molar-refractivity contribution in [2.24, 2.45) is 0 Å². The van der Waals surface area contributed by atoms with Gasteiger partial charge in [-0.25, -0.2) is 0 Å². The van der Waals surface area contributed by atoms with Crippen LogP contribution in [0.5, 0.6) is 0 Å². The molecule has 0 saturated carbocycles. The highest BCUT2D eigenvalue weighted by Crippen LogP contribution is 2.12. The monoisotopic (exact) mass is 210 g/mol. The molecule has 4 nitrogen and oxygen atoms in total. The zero-order chi connectivity index (χ0) is 11.3. The first-order chi connectivity index (χ1) is 7.03. The van der Waals surface area contributed by atoms with Gasteiger partial charge in [-0.3, -0.25) is 4.79 Å². The molecule has 0 fully saturated rings. The molecule has 1 rings (SSSR count). The summed E-state index contributed by atoms with van der Waals surface area (Å²) in [7, 11) is 1.75. The number of nitrogens with one attached hydrogen (secondary N) is 2. The van der Waals surface area contributed by atoms with Crippen molar-refractivity contribution in [3.63, 3.8) is 0 Å². The molecule has 0 saturated heterocycles. The van der Waals surface area contributed by atoms with Gasteiger partial charge < -0.3 is 15.1 Å². The van der Waals surface area contributed by atoms with E-state index in [0.717, 1.165) is 5.76 Å². The number of likely N-dealkylation sites (N-methyl/N-ethyl adjacent to an activating group) is 1. The summed E-state index contributed by atoms with van der Waals surface area (Å²) in [5, 5.41) is 5.75. The standard InChI is InChI=1S/C11H18N2O2/c1-11(2,13-10(14)8-12-3)7-9-5-4-6-15-9/h4-6,12H,7-8H2,1-3H3,(H,13,14). The number of amides is 1. The molecule has 1 heterocycles. The Balaban J connectivity index is 2.48. The lowest BCUT2D eigenvalue weighted by Crippen LogP contribution is -2.47. The lowest BCUT2D eigenvalue weighted by atomic mass is 9.99. The maximum Gasteiger partial charge on any atom is 0.234 e. The fraction of sp³-hybridized carbons (Fsp3) is 0.545. The Bertz CT molecular complexity index is 304. The van der Waals surface area contributed by atoms with Crippen LogP contribution in [0.4, 0.5) is 0 Å². The molecule has 1 amide bonds. The van der Waals surface area contributed by atoms with Crippen LogP contribution in [0, 0.1) is 0 Å². The maximum absolute atomic E-state index is 11.4. The van der Waals surface area contributed by atoms with Crippen molar-refractivity contribution in [3.8, 4) is 0 Å². The molecule has 0 aromatic carbocycles. The highest BCUT2D eigenvalue weighted by atomic mass is 16.3. The third-order valence-corrected chi connectivity index (χ3v) is 2.01. The summed E-state index contributed by atoms with van der Waals surface area (Å²) in [4.78, 5) is 11.4. The third kappa shape index (κ3) is 4.16. The quantitative estimate of drug-likeness (QED) is 0.760. The van der Waals surface area contributed by atoms with Crippen molar-refractivity contribution in [1.82, 2.24) is 10.6 Å². The molecule has 0 aliphatic heterocycles. The van der Waals surface area contributed by atoms with Gasteiger partial charge in [0.1, 0.15) is 5.76 Å². The average Bonchev–Trinajstić information content (AvgIpc) is 2.54. The van der Waals surface area contributed by atoms with Crippen LogP contribution in [0.2, 0.25) is 0 Å². The predicted octanol–water partition coefficient (Wildman–Crippen LogP) is 0.936. The second-order valence-electron chi connectivity index (χ2n) is 4.22. The minimum absolute atomic E-state index is 0.00550. The van der Waals surface area contributed by atoms with Crippen molar-refractivity contribution < 1.29 is 9.21 Å². The Labute approximate surface area is 90.0 Å². The van der Waals surface area contributed by atoms with Gasteiger partial charge in [-0.05, 0) is 33.0 Å². The molecule has 0 radical (unpaired) electrons. The molecule has 0 aliphatic carbocycles. The zero-order valence-electron chi connectivity index (χ0n) is 9.46. The Hall–Kier alpha value is -1.29. The van der Waals surface area contributed by atoms with Gasteiger partial charge in [0.15, 0.2) is 0 Å². The van der Waals surface area contributed by atoms with E-state index in [9.17, 15) is 4.79 Å². The predicted molar refractivity (Wildman–Crippen MR) is 58.6 cm³/mol. The highest BCUT2D eigenvalue weighted by Gasteiger charge is 2.21. The van der Waals surface area contributed by atoms with Crippen molar-refractivity contribution in [1.29, 1.82) is 0 Å². The van der Waals surface area contributed by atoms with Crippen LogP contribution in [0.1, 0.15) is 19.6 Å². The summed E-state index contributed by atoms with van der Waals surface area (Å²) in [6.07, 6.45) is 2.33. The number of carbonyl (C=O) groups is 1. The third-order valence-electron chi connectivity index (χ3n) is 2.01. The Morgan fingerprint density at radius 3 is 2.80 bits per heavy atom. The SMILES string of the molecule is CNCC(=O)NC(C)(C)Cc1ccco1. The fourth-order valence-electron chi connectivity index (χ4n) is 1.48. The van der Waals surface area contributed by atoms with E-state index in [1.54, 1.807) is 13.3 Å². The van der Waals surface area contributed by atoms with E-state index in [1.165, 1.54) is 0 Å². The van der Waals surface area contributed by atoms with E-state index in [2.05, 4.69) is 10.6 Å². The topological polar surface area (TPSA) is 54.3 Å². The Morgan fingerprint density at radius 2 is 2.27 bits per heavy atom. The van der Waals surface area contributed by atoms with Crippen LogP contribution in [0.3, 0.4) is 0 Å². The molecule has 4 heteroatoms. The summed E-state index contributed by atoms with van der Waals surface area (Å²) in [5.74, 6) is 0.874. The first kappa shape index (κ1) is 11.8. The summed E-state index contributed by atoms with van der Waals surface area (Å²) in [6.45, 7) is 4.29. The summed E-state index contributed by atoms with van der Waals surface area (Å²) in [6, 6.07) is 3.76. The van der Waals surface area contributed by atoms with Gasteiger partial charge in [0.25, 0.3) is 0 Å². The number of furan rings is 1. The van der Waals surface area contributed by atoms with Crippen molar-refractivity contribution in [2.45, 2.75) is 25.8 Å². The van der Waals surface area contributed by atoms with Gasteiger partial charge >= 0.3 is 0 Å². The maximum atomic E-state index is 11.4. The molecule has 1 aromatic rings. The molecular formula is C11H18N2O2. The lowest BCUT2D eigenvalue weighted by Gasteiger charge is -2.25. The number of rotatable bonds is 5. The molecule has 84 valence electrons. The molecule has 0 atom stereocenters. The van der Waals surface area contributed by atoms with Gasteiger partial charge in [-0.15, -0.1) is 0 Å². The van der Waals surface area contributed by atoms with E-state index in [-0.39, 0.29) is 11.4 Å². The molecule has 0 unspecified atom stereocenters. The normalized spacial score (nSPS) is 11.4. The minimum atomic E-state index is -0.286. The van der Waals surface area contributed by atoms with Gasteiger partial charge in [-0.2, -0.15) is 0 Å². The van der Waals surface area contributed by atoms with Crippen LogP contribution in [-0.4, -0.2) is 25.0 Å². The molecule has 2 N–H and O–H groups in total. The number of carbonyl (C=O) groups excluding carboxylic acids is 1. The molecule has 0 bridgehead atoms. The van der Waals surface area contributed by atoms with Crippen LogP contribution in [-0.2, 0) is 11.2 Å².